The van der Waals surface area contributed by atoms with Crippen molar-refractivity contribution in [3.05, 3.63) is 32.9 Å². The fourth-order valence-corrected chi connectivity index (χ4v) is 2.43. The molecule has 0 aliphatic carbocycles. The van der Waals surface area contributed by atoms with Crippen LogP contribution in [0.2, 0.25) is 10.0 Å². The van der Waals surface area contributed by atoms with Crippen molar-refractivity contribution in [2.45, 2.75) is 0 Å². The minimum Gasteiger partial charge on any atom is -0.477 e. The summed E-state index contributed by atoms with van der Waals surface area (Å²) in [4.78, 5) is 7.16. The Kier molecular flexibility index (Phi) is 5.02. The van der Waals surface area contributed by atoms with Crippen LogP contribution in [-0.4, -0.2) is 23.6 Å². The molecule has 2 aromatic rings. The van der Waals surface area contributed by atoms with E-state index in [1.807, 2.05) is 6.07 Å². The third kappa shape index (κ3) is 3.64. The van der Waals surface area contributed by atoms with E-state index in [0.717, 1.165) is 0 Å². The van der Waals surface area contributed by atoms with Gasteiger partial charge in [-0.25, -0.2) is 4.98 Å². The van der Waals surface area contributed by atoms with Crippen LogP contribution < -0.4 is 10.1 Å². The second-order valence-electron chi connectivity index (χ2n) is 3.94. The Morgan fingerprint density at radius 2 is 2.14 bits per heavy atom. The van der Waals surface area contributed by atoms with E-state index in [0.29, 0.717) is 37.6 Å². The zero-order valence-electron chi connectivity index (χ0n) is 10.9. The Balaban J connectivity index is 2.55. The van der Waals surface area contributed by atoms with Gasteiger partial charge in [0.25, 0.3) is 0 Å². The predicted octanol–water partition coefficient (Wildman–Crippen LogP) is 4.06. The zero-order chi connectivity index (χ0) is 15.4. The summed E-state index contributed by atoms with van der Waals surface area (Å²) in [6.07, 6.45) is 0. The maximum atomic E-state index is 8.58. The lowest BCUT2D eigenvalue weighted by Crippen LogP contribution is -1.99. The van der Waals surface area contributed by atoms with E-state index in [1.54, 1.807) is 25.2 Å². The van der Waals surface area contributed by atoms with E-state index >= 15 is 0 Å². The number of hydrogen-bond acceptors (Lipinski definition) is 5. The first-order valence-electron chi connectivity index (χ1n) is 5.83. The second kappa shape index (κ2) is 6.76. The van der Waals surface area contributed by atoms with Crippen LogP contribution in [0.5, 0.6) is 5.75 Å². The van der Waals surface area contributed by atoms with Crippen LogP contribution in [0.1, 0.15) is 0 Å². The monoisotopic (exact) mass is 340 g/mol. The van der Waals surface area contributed by atoms with E-state index in [-0.39, 0.29) is 6.61 Å². The van der Waals surface area contributed by atoms with Crippen molar-refractivity contribution < 1.29 is 4.74 Å². The highest BCUT2D eigenvalue weighted by Crippen LogP contribution is 2.36. The molecule has 0 saturated carbocycles. The van der Waals surface area contributed by atoms with Gasteiger partial charge in [-0.3, -0.25) is 0 Å². The number of nitriles is 1. The van der Waals surface area contributed by atoms with Gasteiger partial charge in [0, 0.05) is 12.6 Å². The molecule has 8 heteroatoms. The molecule has 0 saturated heterocycles. The standard InChI is InChI=1S/C13H10Cl2N4OS/c1-17-13-18-10(6-12(21)19-13)7-4-11(20-3-2-16)9(15)5-8(7)14/h4-6H,3H2,1H3,(H2,17,18,19,21). The SMILES string of the molecule is CNc1nc(=S)cc(-c2cc(OCC#N)c(Cl)cc2Cl)[nH]1. The molecule has 1 aromatic heterocycles. The molecule has 0 fully saturated rings. The summed E-state index contributed by atoms with van der Waals surface area (Å²) < 4.78 is 5.68. The van der Waals surface area contributed by atoms with Gasteiger partial charge in [0.2, 0.25) is 5.95 Å². The van der Waals surface area contributed by atoms with E-state index in [4.69, 9.17) is 45.4 Å². The lowest BCUT2D eigenvalue weighted by Gasteiger charge is -2.11. The van der Waals surface area contributed by atoms with Gasteiger partial charge in [-0.1, -0.05) is 35.4 Å². The van der Waals surface area contributed by atoms with Gasteiger partial charge in [-0.2, -0.15) is 5.26 Å². The molecule has 0 spiro atoms. The summed E-state index contributed by atoms with van der Waals surface area (Å²) in [5.41, 5.74) is 1.32. The molecular weight excluding hydrogens is 331 g/mol. The Morgan fingerprint density at radius 3 is 2.81 bits per heavy atom. The molecule has 1 aromatic carbocycles. The first-order valence-corrected chi connectivity index (χ1v) is 7.00. The molecule has 1 heterocycles. The number of halogens is 2. The minimum absolute atomic E-state index is 0.102. The summed E-state index contributed by atoms with van der Waals surface area (Å²) in [5, 5.41) is 12.2. The van der Waals surface area contributed by atoms with Crippen LogP contribution in [0, 0.1) is 16.0 Å². The van der Waals surface area contributed by atoms with Crippen LogP contribution in [0.4, 0.5) is 5.95 Å². The number of aromatic nitrogens is 2. The highest BCUT2D eigenvalue weighted by atomic mass is 35.5. The third-order valence-corrected chi connectivity index (χ3v) is 3.40. The molecule has 2 rings (SSSR count). The van der Waals surface area contributed by atoms with Crippen LogP contribution in [0.15, 0.2) is 18.2 Å². The molecule has 0 atom stereocenters. The summed E-state index contributed by atoms with van der Waals surface area (Å²) in [6, 6.07) is 6.78. The van der Waals surface area contributed by atoms with E-state index in [2.05, 4.69) is 15.3 Å². The van der Waals surface area contributed by atoms with Gasteiger partial charge in [0.15, 0.2) is 6.61 Å². The van der Waals surface area contributed by atoms with Crippen molar-refractivity contribution in [1.82, 2.24) is 9.97 Å². The smallest absolute Gasteiger partial charge is 0.201 e. The van der Waals surface area contributed by atoms with Gasteiger partial charge >= 0.3 is 0 Å². The molecule has 21 heavy (non-hydrogen) atoms. The number of nitrogens with one attached hydrogen (secondary N) is 2. The molecule has 0 aliphatic rings. The molecule has 0 bridgehead atoms. The second-order valence-corrected chi connectivity index (χ2v) is 5.17. The van der Waals surface area contributed by atoms with Crippen molar-refractivity contribution in [2.24, 2.45) is 0 Å². The van der Waals surface area contributed by atoms with E-state index in [1.165, 1.54) is 0 Å². The van der Waals surface area contributed by atoms with Gasteiger partial charge < -0.3 is 15.0 Å². The summed E-state index contributed by atoms with van der Waals surface area (Å²) in [6.45, 7) is -0.102. The molecule has 5 nitrogen and oxygen atoms in total. The average Bonchev–Trinajstić information content (AvgIpc) is 2.45. The molecule has 0 amide bonds. The zero-order valence-corrected chi connectivity index (χ0v) is 13.2. The van der Waals surface area contributed by atoms with Crippen molar-refractivity contribution in [1.29, 1.82) is 5.26 Å². The van der Waals surface area contributed by atoms with Crippen LogP contribution >= 0.6 is 35.4 Å². The van der Waals surface area contributed by atoms with Gasteiger partial charge in [0.05, 0.1) is 15.7 Å². The molecule has 108 valence electrons. The van der Waals surface area contributed by atoms with Crippen LogP contribution in [0.25, 0.3) is 11.3 Å². The Labute approximate surface area is 136 Å². The fraction of sp³-hybridized carbons (Fsp3) is 0.154. The van der Waals surface area contributed by atoms with Gasteiger partial charge in [0.1, 0.15) is 16.5 Å². The Morgan fingerprint density at radius 1 is 1.38 bits per heavy atom. The number of anilines is 1. The number of rotatable bonds is 4. The van der Waals surface area contributed by atoms with Crippen molar-refractivity contribution >= 4 is 41.4 Å². The van der Waals surface area contributed by atoms with Crippen molar-refractivity contribution in [3.8, 4) is 23.1 Å². The first kappa shape index (κ1) is 15.6. The predicted molar refractivity (Wildman–Crippen MR) is 85.5 cm³/mol. The molecule has 0 aliphatic heterocycles. The number of benzene rings is 1. The number of hydrogen-bond donors (Lipinski definition) is 2. The van der Waals surface area contributed by atoms with Crippen LogP contribution in [0.3, 0.4) is 0 Å². The van der Waals surface area contributed by atoms with E-state index < -0.39 is 0 Å². The topological polar surface area (TPSA) is 73.7 Å². The number of aromatic amines is 1. The van der Waals surface area contributed by atoms with E-state index in [9.17, 15) is 0 Å². The summed E-state index contributed by atoms with van der Waals surface area (Å²) in [5.74, 6) is 0.891. The maximum absolute atomic E-state index is 8.58. The Hall–Kier alpha value is -1.81. The molecule has 2 N–H and O–H groups in total. The number of nitrogens with zero attached hydrogens (tertiary/aromatic N) is 2. The lowest BCUT2D eigenvalue weighted by molar-refractivity contribution is 0.368. The van der Waals surface area contributed by atoms with Crippen molar-refractivity contribution in [2.75, 3.05) is 19.0 Å². The van der Waals surface area contributed by atoms with Crippen LogP contribution in [-0.2, 0) is 0 Å². The fourth-order valence-electron chi connectivity index (χ4n) is 1.68. The highest BCUT2D eigenvalue weighted by molar-refractivity contribution is 7.71. The minimum atomic E-state index is -0.102. The summed E-state index contributed by atoms with van der Waals surface area (Å²) in [7, 11) is 1.72. The third-order valence-electron chi connectivity index (χ3n) is 2.58. The maximum Gasteiger partial charge on any atom is 0.201 e. The quantitative estimate of drug-likeness (QED) is 0.821. The molecule has 0 radical (unpaired) electrons. The Bertz CT molecular complexity index is 770. The molecule has 0 unspecified atom stereocenters. The number of H-pyrrole nitrogens is 1. The van der Waals surface area contributed by atoms with Gasteiger partial charge in [-0.05, 0) is 18.2 Å². The molecular formula is C13H10Cl2N4OS. The largest absolute Gasteiger partial charge is 0.477 e. The first-order chi connectivity index (χ1) is 10.0. The number of ether oxygens (including phenoxy) is 1. The van der Waals surface area contributed by atoms with Gasteiger partial charge in [-0.15, -0.1) is 0 Å². The normalized spacial score (nSPS) is 10.0. The van der Waals surface area contributed by atoms with Crippen molar-refractivity contribution in [3.63, 3.8) is 0 Å². The highest BCUT2D eigenvalue weighted by Gasteiger charge is 2.12. The lowest BCUT2D eigenvalue weighted by atomic mass is 10.1. The average molecular weight is 341 g/mol. The summed E-state index contributed by atoms with van der Waals surface area (Å²) >= 11 is 17.4.